The lowest BCUT2D eigenvalue weighted by Gasteiger charge is -1.92. The average molecular weight is 390 g/mol. The molecule has 0 saturated heterocycles. The molecule has 0 aliphatic rings. The zero-order valence-electron chi connectivity index (χ0n) is 14.5. The number of rotatable bonds is 2. The Morgan fingerprint density at radius 1 is 0.893 bits per heavy atom. The van der Waals surface area contributed by atoms with Crippen LogP contribution < -0.4 is 0 Å². The first-order valence-corrected chi connectivity index (χ1v) is 7.71. The number of aryl methyl sites for hydroxylation is 2. The van der Waals surface area contributed by atoms with Crippen molar-refractivity contribution in [1.82, 2.24) is 19.6 Å². The molecule has 10 nitrogen and oxygen atoms in total. The molecule has 0 aliphatic carbocycles. The van der Waals surface area contributed by atoms with Gasteiger partial charge >= 0.3 is 0 Å². The van der Waals surface area contributed by atoms with Gasteiger partial charge in [0.1, 0.15) is 16.4 Å². The fourth-order valence-electron chi connectivity index (χ4n) is 2.63. The molecule has 28 heavy (non-hydrogen) atoms. The highest BCUT2D eigenvalue weighted by molar-refractivity contribution is 5.87. The Bertz CT molecular complexity index is 1230. The van der Waals surface area contributed by atoms with Crippen LogP contribution in [0.15, 0.2) is 36.7 Å². The van der Waals surface area contributed by atoms with E-state index in [0.29, 0.717) is 5.39 Å². The number of hydrogen-bond donors (Lipinski definition) is 0. The van der Waals surface area contributed by atoms with Crippen molar-refractivity contribution < 1.29 is 18.6 Å². The minimum atomic E-state index is -0.671. The first kappa shape index (κ1) is 18.8. The SMILES string of the molecule is Cn1cc2c([N+](=O)[O-])ccc(F)c2n1.Cn1cc2cc([N+](=O)[O-])cc(F)c2n1. The van der Waals surface area contributed by atoms with Crippen LogP contribution in [0, 0.1) is 31.9 Å². The van der Waals surface area contributed by atoms with Crippen LogP contribution in [0.25, 0.3) is 21.8 Å². The summed E-state index contributed by atoms with van der Waals surface area (Å²) in [6, 6.07) is 4.35. The Kier molecular flexibility index (Phi) is 4.69. The zero-order chi connectivity index (χ0) is 20.6. The van der Waals surface area contributed by atoms with Gasteiger partial charge in [0.25, 0.3) is 11.4 Å². The normalized spacial score (nSPS) is 10.7. The molecule has 2 aromatic heterocycles. The van der Waals surface area contributed by atoms with E-state index in [9.17, 15) is 29.0 Å². The van der Waals surface area contributed by atoms with E-state index in [4.69, 9.17) is 0 Å². The molecule has 0 aliphatic heterocycles. The number of non-ortho nitro benzene ring substituents is 2. The Morgan fingerprint density at radius 3 is 2.18 bits per heavy atom. The van der Waals surface area contributed by atoms with Crippen molar-refractivity contribution in [3.8, 4) is 0 Å². The Balaban J connectivity index is 0.000000161. The number of benzene rings is 2. The molecule has 0 N–H and O–H groups in total. The number of halogens is 2. The lowest BCUT2D eigenvalue weighted by Crippen LogP contribution is -1.89. The summed E-state index contributed by atoms with van der Waals surface area (Å²) in [5, 5.41) is 29.3. The second-order valence-corrected chi connectivity index (χ2v) is 5.81. The van der Waals surface area contributed by atoms with Gasteiger partial charge in [0, 0.05) is 44.0 Å². The van der Waals surface area contributed by atoms with Gasteiger partial charge in [-0.1, -0.05) is 0 Å². The number of fused-ring (bicyclic) bond motifs is 2. The van der Waals surface area contributed by atoms with Crippen molar-refractivity contribution in [3.05, 3.63) is 68.5 Å². The average Bonchev–Trinajstić information content (AvgIpc) is 3.18. The van der Waals surface area contributed by atoms with Gasteiger partial charge in [0.2, 0.25) is 0 Å². The summed E-state index contributed by atoms with van der Waals surface area (Å²) in [6.45, 7) is 0. The molecule has 4 rings (SSSR count). The molecular weight excluding hydrogens is 378 g/mol. The van der Waals surface area contributed by atoms with Gasteiger partial charge in [-0.25, -0.2) is 8.78 Å². The number of hydrogen-bond acceptors (Lipinski definition) is 6. The molecule has 0 saturated carbocycles. The van der Waals surface area contributed by atoms with Gasteiger partial charge in [-0.3, -0.25) is 29.6 Å². The number of nitro benzene ring substituents is 2. The van der Waals surface area contributed by atoms with E-state index in [1.54, 1.807) is 14.1 Å². The molecule has 12 heteroatoms. The van der Waals surface area contributed by atoms with Crippen molar-refractivity contribution >= 4 is 33.2 Å². The van der Waals surface area contributed by atoms with Crippen molar-refractivity contribution in [2.45, 2.75) is 0 Å². The third kappa shape index (κ3) is 3.47. The van der Waals surface area contributed by atoms with Crippen molar-refractivity contribution in [2.75, 3.05) is 0 Å². The van der Waals surface area contributed by atoms with Crippen LogP contribution in [-0.4, -0.2) is 29.4 Å². The Hall–Kier alpha value is -3.96. The maximum Gasteiger partial charge on any atom is 0.280 e. The van der Waals surface area contributed by atoms with E-state index in [2.05, 4.69) is 10.2 Å². The molecule has 0 spiro atoms. The third-order valence-electron chi connectivity index (χ3n) is 3.79. The van der Waals surface area contributed by atoms with Crippen molar-refractivity contribution in [3.63, 3.8) is 0 Å². The second-order valence-electron chi connectivity index (χ2n) is 5.81. The highest BCUT2D eigenvalue weighted by atomic mass is 19.1. The van der Waals surface area contributed by atoms with Crippen LogP contribution in [0.4, 0.5) is 20.2 Å². The third-order valence-corrected chi connectivity index (χ3v) is 3.79. The maximum absolute atomic E-state index is 13.2. The molecule has 0 fully saturated rings. The van der Waals surface area contributed by atoms with E-state index in [-0.39, 0.29) is 27.8 Å². The summed E-state index contributed by atoms with van der Waals surface area (Å²) in [7, 11) is 3.22. The molecule has 144 valence electrons. The quantitative estimate of drug-likeness (QED) is 0.382. The number of aromatic nitrogens is 4. The van der Waals surface area contributed by atoms with Gasteiger partial charge in [0.05, 0.1) is 15.9 Å². The largest absolute Gasteiger partial charge is 0.280 e. The van der Waals surface area contributed by atoms with Gasteiger partial charge in [-0.2, -0.15) is 10.2 Å². The maximum atomic E-state index is 13.2. The van der Waals surface area contributed by atoms with E-state index < -0.39 is 21.5 Å². The lowest BCUT2D eigenvalue weighted by atomic mass is 10.2. The summed E-state index contributed by atoms with van der Waals surface area (Å²) in [5.41, 5.74) is -0.211. The molecular formula is C16H12F2N6O4. The molecule has 4 aromatic rings. The van der Waals surface area contributed by atoms with Crippen LogP contribution in [0.1, 0.15) is 0 Å². The fraction of sp³-hybridized carbons (Fsp3) is 0.125. The first-order valence-electron chi connectivity index (χ1n) is 7.71. The predicted molar refractivity (Wildman–Crippen MR) is 94.7 cm³/mol. The molecule has 0 atom stereocenters. The molecule has 0 bridgehead atoms. The van der Waals surface area contributed by atoms with Crippen LogP contribution in [-0.2, 0) is 14.1 Å². The van der Waals surface area contributed by atoms with Crippen LogP contribution >= 0.6 is 0 Å². The molecule has 0 amide bonds. The molecule has 2 aromatic carbocycles. The summed E-state index contributed by atoms with van der Waals surface area (Å²) in [6.07, 6.45) is 2.96. The highest BCUT2D eigenvalue weighted by Crippen LogP contribution is 2.26. The minimum Gasteiger partial charge on any atom is -0.274 e. The van der Waals surface area contributed by atoms with E-state index in [1.165, 1.54) is 27.8 Å². The Morgan fingerprint density at radius 2 is 1.54 bits per heavy atom. The van der Waals surface area contributed by atoms with Crippen molar-refractivity contribution in [2.24, 2.45) is 14.1 Å². The predicted octanol–water partition coefficient (Wildman–Crippen LogP) is 3.24. The molecule has 0 unspecified atom stereocenters. The van der Waals surface area contributed by atoms with Crippen LogP contribution in [0.2, 0.25) is 0 Å². The zero-order valence-corrected chi connectivity index (χ0v) is 14.5. The minimum absolute atomic E-state index is 0.0294. The first-order chi connectivity index (χ1) is 13.2. The van der Waals surface area contributed by atoms with E-state index in [1.807, 2.05) is 0 Å². The number of nitro groups is 2. The van der Waals surface area contributed by atoms with Gasteiger partial charge in [-0.05, 0) is 6.07 Å². The number of nitrogens with zero attached hydrogens (tertiary/aromatic N) is 6. The Labute approximate surface area is 154 Å². The highest BCUT2D eigenvalue weighted by Gasteiger charge is 2.17. The monoisotopic (exact) mass is 390 g/mol. The second kappa shape index (κ2) is 6.98. The lowest BCUT2D eigenvalue weighted by molar-refractivity contribution is -0.384. The summed E-state index contributed by atoms with van der Waals surface area (Å²) in [4.78, 5) is 19.8. The summed E-state index contributed by atoms with van der Waals surface area (Å²) >= 11 is 0. The van der Waals surface area contributed by atoms with Gasteiger partial charge < -0.3 is 0 Å². The summed E-state index contributed by atoms with van der Waals surface area (Å²) < 4.78 is 29.1. The van der Waals surface area contributed by atoms with Gasteiger partial charge in [-0.15, -0.1) is 0 Å². The smallest absolute Gasteiger partial charge is 0.274 e. The topological polar surface area (TPSA) is 122 Å². The van der Waals surface area contributed by atoms with Crippen molar-refractivity contribution in [1.29, 1.82) is 0 Å². The standard InChI is InChI=1S/2C8H6FN3O2/c1-11-4-5-2-6(12(13)14)3-7(9)8(5)10-11;1-11-4-5-7(12(13)14)3-2-6(9)8(5)10-11/h2*2-4H,1H3. The van der Waals surface area contributed by atoms with E-state index in [0.717, 1.165) is 18.2 Å². The fourth-order valence-corrected chi connectivity index (χ4v) is 2.63. The van der Waals surface area contributed by atoms with Crippen LogP contribution in [0.5, 0.6) is 0 Å². The summed E-state index contributed by atoms with van der Waals surface area (Å²) in [5.74, 6) is -1.22. The van der Waals surface area contributed by atoms with Gasteiger partial charge in [0.15, 0.2) is 11.6 Å². The molecule has 2 heterocycles. The molecule has 0 radical (unpaired) electrons. The van der Waals surface area contributed by atoms with Crippen LogP contribution in [0.3, 0.4) is 0 Å². The van der Waals surface area contributed by atoms with E-state index >= 15 is 0 Å².